The van der Waals surface area contributed by atoms with Gasteiger partial charge in [-0.15, -0.1) is 0 Å². The standard InChI is InChI=1S/C18H22N2O3S/c1-23-11-12-24(22)14-16-3-2-4-17(13-16)20-18(21)6-5-15-7-9-19-10-8-15/h2-4,7-10,13H,5-6,11-12,14H2,1H3,(H,20,21)/t24-/m1/s1. The molecule has 0 bridgehead atoms. The van der Waals surface area contributed by atoms with E-state index in [9.17, 15) is 9.00 Å². The highest BCUT2D eigenvalue weighted by molar-refractivity contribution is 7.84. The lowest BCUT2D eigenvalue weighted by Gasteiger charge is -2.08. The molecule has 24 heavy (non-hydrogen) atoms. The van der Waals surface area contributed by atoms with Crippen molar-refractivity contribution < 1.29 is 13.7 Å². The van der Waals surface area contributed by atoms with Crippen molar-refractivity contribution in [3.63, 3.8) is 0 Å². The highest BCUT2D eigenvalue weighted by Gasteiger charge is 2.06. The summed E-state index contributed by atoms with van der Waals surface area (Å²) in [4.78, 5) is 16.0. The summed E-state index contributed by atoms with van der Waals surface area (Å²) in [5.41, 5.74) is 2.76. The number of benzene rings is 1. The lowest BCUT2D eigenvalue weighted by Crippen LogP contribution is -2.12. The Morgan fingerprint density at radius 1 is 1.21 bits per heavy atom. The molecule has 0 radical (unpaired) electrons. The van der Waals surface area contributed by atoms with E-state index in [1.54, 1.807) is 19.5 Å². The minimum Gasteiger partial charge on any atom is -0.384 e. The molecule has 0 spiro atoms. The van der Waals surface area contributed by atoms with Gasteiger partial charge in [0.05, 0.1) is 6.61 Å². The topological polar surface area (TPSA) is 68.3 Å². The molecule has 6 heteroatoms. The van der Waals surface area contributed by atoms with E-state index in [2.05, 4.69) is 10.3 Å². The van der Waals surface area contributed by atoms with Crippen LogP contribution in [0, 0.1) is 0 Å². The second-order valence-electron chi connectivity index (χ2n) is 5.39. The van der Waals surface area contributed by atoms with Crippen LogP contribution in [0.25, 0.3) is 0 Å². The third-order valence-electron chi connectivity index (χ3n) is 3.44. The first kappa shape index (κ1) is 18.3. The van der Waals surface area contributed by atoms with Crippen molar-refractivity contribution in [1.29, 1.82) is 0 Å². The molecule has 0 aliphatic heterocycles. The number of pyridine rings is 1. The van der Waals surface area contributed by atoms with Crippen LogP contribution in [0.3, 0.4) is 0 Å². The zero-order valence-electron chi connectivity index (χ0n) is 13.7. The molecule has 0 aliphatic carbocycles. The Labute approximate surface area is 144 Å². The molecule has 1 heterocycles. The van der Waals surface area contributed by atoms with Crippen molar-refractivity contribution >= 4 is 22.4 Å². The lowest BCUT2D eigenvalue weighted by atomic mass is 10.1. The van der Waals surface area contributed by atoms with E-state index in [0.717, 1.165) is 16.8 Å². The van der Waals surface area contributed by atoms with Crippen LogP contribution in [0.2, 0.25) is 0 Å². The highest BCUT2D eigenvalue weighted by Crippen LogP contribution is 2.13. The number of rotatable bonds is 9. The van der Waals surface area contributed by atoms with Crippen LogP contribution < -0.4 is 5.32 Å². The second-order valence-corrected chi connectivity index (χ2v) is 6.96. The van der Waals surface area contributed by atoms with Gasteiger partial charge in [-0.25, -0.2) is 0 Å². The van der Waals surface area contributed by atoms with Gasteiger partial charge in [0.15, 0.2) is 0 Å². The summed E-state index contributed by atoms with van der Waals surface area (Å²) < 4.78 is 16.8. The van der Waals surface area contributed by atoms with Gasteiger partial charge in [-0.3, -0.25) is 14.0 Å². The fourth-order valence-corrected chi connectivity index (χ4v) is 3.25. The third kappa shape index (κ3) is 6.60. The van der Waals surface area contributed by atoms with Gasteiger partial charge in [-0.2, -0.15) is 0 Å². The molecule has 0 saturated heterocycles. The van der Waals surface area contributed by atoms with Gasteiger partial charge in [0.25, 0.3) is 0 Å². The molecule has 1 aromatic heterocycles. The maximum Gasteiger partial charge on any atom is 0.224 e. The predicted octanol–water partition coefficient (Wildman–Crippen LogP) is 2.55. The summed E-state index contributed by atoms with van der Waals surface area (Å²) >= 11 is 0. The number of aryl methyl sites for hydroxylation is 1. The fraction of sp³-hybridized carbons (Fsp3) is 0.333. The Balaban J connectivity index is 1.84. The lowest BCUT2D eigenvalue weighted by molar-refractivity contribution is -0.116. The number of carbonyl (C=O) groups is 1. The van der Waals surface area contributed by atoms with Crippen LogP contribution in [0.1, 0.15) is 17.5 Å². The molecule has 128 valence electrons. The molecule has 2 aromatic rings. The van der Waals surface area contributed by atoms with Crippen molar-refractivity contribution in [2.24, 2.45) is 0 Å². The van der Waals surface area contributed by atoms with Crippen LogP contribution in [0.5, 0.6) is 0 Å². The predicted molar refractivity (Wildman–Crippen MR) is 96.2 cm³/mol. The van der Waals surface area contributed by atoms with Crippen molar-refractivity contribution in [2.75, 3.05) is 24.8 Å². The maximum atomic E-state index is 12.1. The van der Waals surface area contributed by atoms with Crippen LogP contribution in [-0.4, -0.2) is 34.6 Å². The molecular weight excluding hydrogens is 324 g/mol. The minimum atomic E-state index is -0.964. The van der Waals surface area contributed by atoms with Crippen molar-refractivity contribution in [3.8, 4) is 0 Å². The van der Waals surface area contributed by atoms with Gasteiger partial charge in [-0.05, 0) is 41.8 Å². The Morgan fingerprint density at radius 2 is 2.00 bits per heavy atom. The largest absolute Gasteiger partial charge is 0.384 e. The fourth-order valence-electron chi connectivity index (χ4n) is 2.20. The maximum absolute atomic E-state index is 12.1. The molecule has 1 aromatic carbocycles. The zero-order valence-corrected chi connectivity index (χ0v) is 14.6. The molecule has 1 amide bonds. The smallest absolute Gasteiger partial charge is 0.224 e. The number of methoxy groups -OCH3 is 1. The summed E-state index contributed by atoms with van der Waals surface area (Å²) in [6, 6.07) is 11.3. The molecule has 1 atom stereocenters. The summed E-state index contributed by atoms with van der Waals surface area (Å²) in [5.74, 6) is 0.938. The van der Waals surface area contributed by atoms with E-state index in [-0.39, 0.29) is 5.91 Å². The number of carbonyl (C=O) groups excluding carboxylic acids is 1. The van der Waals surface area contributed by atoms with Crippen molar-refractivity contribution in [3.05, 3.63) is 59.9 Å². The number of hydrogen-bond acceptors (Lipinski definition) is 4. The molecule has 0 aliphatic rings. The first-order valence-corrected chi connectivity index (χ1v) is 9.28. The number of nitrogens with zero attached hydrogens (tertiary/aromatic N) is 1. The highest BCUT2D eigenvalue weighted by atomic mass is 32.2. The van der Waals surface area contributed by atoms with E-state index in [1.807, 2.05) is 36.4 Å². The number of nitrogens with one attached hydrogen (secondary N) is 1. The van der Waals surface area contributed by atoms with Crippen LogP contribution in [0.15, 0.2) is 48.8 Å². The zero-order chi connectivity index (χ0) is 17.2. The van der Waals surface area contributed by atoms with Crippen LogP contribution in [0.4, 0.5) is 5.69 Å². The van der Waals surface area contributed by atoms with Gasteiger partial charge < -0.3 is 10.1 Å². The molecule has 0 unspecified atom stereocenters. The second kappa shape index (κ2) is 9.95. The average molecular weight is 346 g/mol. The third-order valence-corrected chi connectivity index (χ3v) is 4.72. The number of ether oxygens (including phenoxy) is 1. The summed E-state index contributed by atoms with van der Waals surface area (Å²) in [5, 5.41) is 2.89. The Kier molecular flexibility index (Phi) is 7.58. The average Bonchev–Trinajstić information content (AvgIpc) is 2.59. The van der Waals surface area contributed by atoms with E-state index in [0.29, 0.717) is 31.0 Å². The van der Waals surface area contributed by atoms with Gasteiger partial charge in [0, 0.05) is 53.9 Å². The van der Waals surface area contributed by atoms with Crippen LogP contribution >= 0.6 is 0 Å². The van der Waals surface area contributed by atoms with Gasteiger partial charge in [0.1, 0.15) is 0 Å². The molecule has 2 rings (SSSR count). The van der Waals surface area contributed by atoms with Gasteiger partial charge in [-0.1, -0.05) is 12.1 Å². The number of hydrogen-bond donors (Lipinski definition) is 1. The molecular formula is C18H22N2O3S. The van der Waals surface area contributed by atoms with Crippen molar-refractivity contribution in [2.45, 2.75) is 18.6 Å². The van der Waals surface area contributed by atoms with E-state index < -0.39 is 10.8 Å². The Morgan fingerprint density at radius 3 is 2.75 bits per heavy atom. The summed E-state index contributed by atoms with van der Waals surface area (Å²) in [7, 11) is 0.633. The van der Waals surface area contributed by atoms with Crippen molar-refractivity contribution in [1.82, 2.24) is 4.98 Å². The molecule has 0 fully saturated rings. The van der Waals surface area contributed by atoms with Crippen LogP contribution in [-0.2, 0) is 32.5 Å². The van der Waals surface area contributed by atoms with Gasteiger partial charge in [0.2, 0.25) is 5.91 Å². The monoisotopic (exact) mass is 346 g/mol. The summed E-state index contributed by atoms with van der Waals surface area (Å²) in [6.07, 6.45) is 4.53. The Bertz CT molecular complexity index is 677. The SMILES string of the molecule is COCC[S@@](=O)Cc1cccc(NC(=O)CCc2ccncc2)c1. The number of amides is 1. The van der Waals surface area contributed by atoms with E-state index in [1.165, 1.54) is 0 Å². The summed E-state index contributed by atoms with van der Waals surface area (Å²) in [6.45, 7) is 0.484. The van der Waals surface area contributed by atoms with E-state index in [4.69, 9.17) is 4.74 Å². The minimum absolute atomic E-state index is 0.0375. The van der Waals surface area contributed by atoms with Gasteiger partial charge >= 0.3 is 0 Å². The first-order valence-electron chi connectivity index (χ1n) is 7.79. The normalized spacial score (nSPS) is 11.9. The number of aromatic nitrogens is 1. The molecule has 1 N–H and O–H groups in total. The number of anilines is 1. The molecule has 5 nitrogen and oxygen atoms in total. The quantitative estimate of drug-likeness (QED) is 0.758. The Hall–Kier alpha value is -2.05. The molecule has 0 saturated carbocycles. The first-order chi connectivity index (χ1) is 11.7. The van der Waals surface area contributed by atoms with E-state index >= 15 is 0 Å².